The zero-order valence-corrected chi connectivity index (χ0v) is 8.04. The highest BCUT2D eigenvalue weighted by Crippen LogP contribution is 2.02. The summed E-state index contributed by atoms with van der Waals surface area (Å²) in [6, 6.07) is 0. The fourth-order valence-electron chi connectivity index (χ4n) is 0.946. The third kappa shape index (κ3) is 3.73. The molecule has 0 aromatic carbocycles. The van der Waals surface area contributed by atoms with Crippen LogP contribution in [-0.4, -0.2) is 35.0 Å². The number of carboxylic acids is 1. The van der Waals surface area contributed by atoms with Crippen LogP contribution in [0.15, 0.2) is 12.2 Å². The highest BCUT2D eigenvalue weighted by atomic mass is 16.4. The van der Waals surface area contributed by atoms with Gasteiger partial charge < -0.3 is 10.0 Å². The second-order valence-electron chi connectivity index (χ2n) is 2.65. The molecule has 0 bridgehead atoms. The molecule has 0 radical (unpaired) electrons. The number of carbonyl (C=O) groups excluding carboxylic acids is 1. The largest absolute Gasteiger partial charge is 0.478 e. The summed E-state index contributed by atoms with van der Waals surface area (Å²) in [5.41, 5.74) is -0.0584. The van der Waals surface area contributed by atoms with Crippen LogP contribution in [0.2, 0.25) is 0 Å². The molecular formula is C9H15NO3. The molecule has 0 atom stereocenters. The molecule has 0 saturated heterocycles. The topological polar surface area (TPSA) is 57.6 Å². The summed E-state index contributed by atoms with van der Waals surface area (Å²) in [6.45, 7) is 8.20. The molecule has 4 nitrogen and oxygen atoms in total. The lowest BCUT2D eigenvalue weighted by Gasteiger charge is -2.18. The quantitative estimate of drug-likeness (QED) is 0.647. The second kappa shape index (κ2) is 5.35. The van der Waals surface area contributed by atoms with Gasteiger partial charge >= 0.3 is 5.97 Å². The van der Waals surface area contributed by atoms with Crippen LogP contribution in [-0.2, 0) is 9.59 Å². The van der Waals surface area contributed by atoms with Crippen LogP contribution in [0.25, 0.3) is 0 Å². The Morgan fingerprint density at radius 3 is 2.08 bits per heavy atom. The average molecular weight is 185 g/mol. The molecule has 1 amide bonds. The van der Waals surface area contributed by atoms with Crippen molar-refractivity contribution in [1.29, 1.82) is 0 Å². The Balaban J connectivity index is 4.13. The van der Waals surface area contributed by atoms with Crippen molar-refractivity contribution in [1.82, 2.24) is 4.90 Å². The van der Waals surface area contributed by atoms with Gasteiger partial charge in [0.15, 0.2) is 0 Å². The monoisotopic (exact) mass is 185 g/mol. The van der Waals surface area contributed by atoms with E-state index in [9.17, 15) is 9.59 Å². The van der Waals surface area contributed by atoms with E-state index < -0.39 is 5.97 Å². The molecule has 0 aliphatic heterocycles. The number of carbonyl (C=O) groups is 2. The normalized spacial score (nSPS) is 9.38. The molecule has 4 heteroatoms. The van der Waals surface area contributed by atoms with Crippen molar-refractivity contribution < 1.29 is 14.7 Å². The Bertz CT molecular complexity index is 219. The molecule has 0 rings (SSSR count). The van der Waals surface area contributed by atoms with Gasteiger partial charge in [0.25, 0.3) is 0 Å². The van der Waals surface area contributed by atoms with E-state index >= 15 is 0 Å². The second-order valence-corrected chi connectivity index (χ2v) is 2.65. The lowest BCUT2D eigenvalue weighted by molar-refractivity contribution is -0.136. The van der Waals surface area contributed by atoms with Crippen molar-refractivity contribution in [2.75, 3.05) is 13.1 Å². The average Bonchev–Trinajstić information content (AvgIpc) is 2.06. The summed E-state index contributed by atoms with van der Waals surface area (Å²) in [5.74, 6) is -1.29. The van der Waals surface area contributed by atoms with Gasteiger partial charge in [-0.05, 0) is 13.8 Å². The molecule has 0 spiro atoms. The number of carboxylic acid groups (broad SMARTS) is 1. The lowest BCUT2D eigenvalue weighted by Crippen LogP contribution is -2.31. The predicted octanol–water partition coefficient (Wildman–Crippen LogP) is 0.886. The Labute approximate surface area is 77.8 Å². The van der Waals surface area contributed by atoms with Crippen molar-refractivity contribution in [3.63, 3.8) is 0 Å². The van der Waals surface area contributed by atoms with Gasteiger partial charge in [-0.1, -0.05) is 6.58 Å². The van der Waals surface area contributed by atoms with E-state index in [4.69, 9.17) is 5.11 Å². The number of amides is 1. The molecule has 0 aromatic heterocycles. The molecule has 0 fully saturated rings. The number of hydrogen-bond donors (Lipinski definition) is 1. The molecule has 0 heterocycles. The molecule has 0 aromatic rings. The van der Waals surface area contributed by atoms with E-state index in [1.54, 1.807) is 4.90 Å². The Morgan fingerprint density at radius 1 is 1.31 bits per heavy atom. The van der Waals surface area contributed by atoms with Gasteiger partial charge in [0.05, 0.1) is 6.42 Å². The van der Waals surface area contributed by atoms with Gasteiger partial charge in [-0.15, -0.1) is 0 Å². The van der Waals surface area contributed by atoms with Crippen molar-refractivity contribution >= 4 is 11.9 Å². The summed E-state index contributed by atoms with van der Waals surface area (Å²) >= 11 is 0. The fourth-order valence-corrected chi connectivity index (χ4v) is 0.946. The molecular weight excluding hydrogens is 170 g/mol. The van der Waals surface area contributed by atoms with E-state index in [1.807, 2.05) is 13.8 Å². The number of nitrogens with zero attached hydrogens (tertiary/aromatic N) is 1. The highest BCUT2D eigenvalue weighted by molar-refractivity contribution is 5.93. The minimum absolute atomic E-state index is 0.0584. The van der Waals surface area contributed by atoms with Crippen LogP contribution in [0.3, 0.4) is 0 Å². The zero-order valence-electron chi connectivity index (χ0n) is 8.04. The summed E-state index contributed by atoms with van der Waals surface area (Å²) in [4.78, 5) is 23.3. The smallest absolute Gasteiger partial charge is 0.331 e. The summed E-state index contributed by atoms with van der Waals surface area (Å²) in [5, 5.41) is 8.49. The van der Waals surface area contributed by atoms with Crippen LogP contribution in [0.1, 0.15) is 20.3 Å². The van der Waals surface area contributed by atoms with Gasteiger partial charge in [-0.2, -0.15) is 0 Å². The highest BCUT2D eigenvalue weighted by Gasteiger charge is 2.14. The van der Waals surface area contributed by atoms with E-state index in [0.717, 1.165) is 0 Å². The molecule has 1 N–H and O–H groups in total. The van der Waals surface area contributed by atoms with Crippen molar-refractivity contribution in [3.05, 3.63) is 12.2 Å². The predicted molar refractivity (Wildman–Crippen MR) is 49.3 cm³/mol. The minimum atomic E-state index is -1.11. The maximum absolute atomic E-state index is 11.3. The van der Waals surface area contributed by atoms with E-state index in [-0.39, 0.29) is 17.9 Å². The maximum atomic E-state index is 11.3. The van der Waals surface area contributed by atoms with Crippen LogP contribution in [0, 0.1) is 0 Å². The van der Waals surface area contributed by atoms with Crippen LogP contribution < -0.4 is 0 Å². The SMILES string of the molecule is C=C(CC(=O)N(CC)CC)C(=O)O. The standard InChI is InChI=1S/C9H15NO3/c1-4-10(5-2)8(11)6-7(3)9(12)13/h3-6H2,1-2H3,(H,12,13). The first-order chi connectivity index (χ1) is 6.02. The Hall–Kier alpha value is -1.32. The van der Waals surface area contributed by atoms with Gasteiger partial charge in [-0.3, -0.25) is 4.79 Å². The van der Waals surface area contributed by atoms with E-state index in [1.165, 1.54) is 0 Å². The first-order valence-corrected chi connectivity index (χ1v) is 4.21. The van der Waals surface area contributed by atoms with Crippen LogP contribution in [0.4, 0.5) is 0 Å². The Kier molecular flexibility index (Phi) is 4.80. The number of aliphatic carboxylic acids is 1. The van der Waals surface area contributed by atoms with Gasteiger partial charge in [-0.25, -0.2) is 4.79 Å². The zero-order chi connectivity index (χ0) is 10.4. The molecule has 0 unspecified atom stereocenters. The van der Waals surface area contributed by atoms with Crippen molar-refractivity contribution in [2.45, 2.75) is 20.3 Å². The molecule has 74 valence electrons. The first kappa shape index (κ1) is 11.7. The van der Waals surface area contributed by atoms with Crippen molar-refractivity contribution in [3.8, 4) is 0 Å². The van der Waals surface area contributed by atoms with Gasteiger partial charge in [0, 0.05) is 18.7 Å². The van der Waals surface area contributed by atoms with Crippen LogP contribution >= 0.6 is 0 Å². The summed E-state index contributed by atoms with van der Waals surface area (Å²) < 4.78 is 0. The number of hydrogen-bond acceptors (Lipinski definition) is 2. The third-order valence-electron chi connectivity index (χ3n) is 1.78. The Morgan fingerprint density at radius 2 is 1.77 bits per heavy atom. The first-order valence-electron chi connectivity index (χ1n) is 4.21. The molecule has 0 aliphatic carbocycles. The van der Waals surface area contributed by atoms with Gasteiger partial charge in [0.2, 0.25) is 5.91 Å². The van der Waals surface area contributed by atoms with Crippen molar-refractivity contribution in [2.24, 2.45) is 0 Å². The third-order valence-corrected chi connectivity index (χ3v) is 1.78. The van der Waals surface area contributed by atoms with Crippen LogP contribution in [0.5, 0.6) is 0 Å². The van der Waals surface area contributed by atoms with E-state index in [0.29, 0.717) is 13.1 Å². The molecule has 0 aliphatic rings. The molecule has 13 heavy (non-hydrogen) atoms. The maximum Gasteiger partial charge on any atom is 0.331 e. The minimum Gasteiger partial charge on any atom is -0.478 e. The van der Waals surface area contributed by atoms with Gasteiger partial charge in [0.1, 0.15) is 0 Å². The van der Waals surface area contributed by atoms with E-state index in [2.05, 4.69) is 6.58 Å². The summed E-state index contributed by atoms with van der Waals surface area (Å²) in [6.07, 6.45) is -0.100. The number of rotatable bonds is 5. The lowest BCUT2D eigenvalue weighted by atomic mass is 10.2. The fraction of sp³-hybridized carbons (Fsp3) is 0.556. The molecule has 0 saturated carbocycles. The summed E-state index contributed by atoms with van der Waals surface area (Å²) in [7, 11) is 0.